The Kier molecular flexibility index (Phi) is 11.3. The van der Waals surface area contributed by atoms with Crippen LogP contribution in [-0.2, 0) is 4.74 Å². The predicted octanol–water partition coefficient (Wildman–Crippen LogP) is 1.98. The highest BCUT2D eigenvalue weighted by Crippen LogP contribution is 2.01. The van der Waals surface area contributed by atoms with E-state index in [-0.39, 0.29) is 0 Å². The largest absolute Gasteiger partial charge is 0.383 e. The average molecular weight is 230 g/mol. The molecular weight excluding hydrogens is 200 g/mol. The van der Waals surface area contributed by atoms with Crippen LogP contribution in [-0.4, -0.2) is 51.3 Å². The lowest BCUT2D eigenvalue weighted by Gasteiger charge is -2.23. The van der Waals surface area contributed by atoms with Gasteiger partial charge in [-0.3, -0.25) is 0 Å². The maximum absolute atomic E-state index is 5.14. The normalized spacial score (nSPS) is 11.6. The molecule has 0 bridgehead atoms. The molecule has 0 aromatic heterocycles. The number of hydrogen-bond donors (Lipinski definition) is 1. The molecule has 0 radical (unpaired) electrons. The predicted molar refractivity (Wildman–Crippen MR) is 70.9 cm³/mol. The summed E-state index contributed by atoms with van der Waals surface area (Å²) in [7, 11) is 1.78. The molecular formula is C13H30N2O. The number of methoxy groups -OCH3 is 1. The van der Waals surface area contributed by atoms with Crippen molar-refractivity contribution in [2.75, 3.05) is 46.4 Å². The smallest absolute Gasteiger partial charge is 0.0589 e. The number of rotatable bonds is 11. The lowest BCUT2D eigenvalue weighted by Crippen LogP contribution is -2.32. The molecule has 0 fully saturated rings. The SMILES string of the molecule is CCNCCCCN(CCOC)CC(C)C. The van der Waals surface area contributed by atoms with Crippen LogP contribution >= 0.6 is 0 Å². The lowest BCUT2D eigenvalue weighted by atomic mass is 10.2. The van der Waals surface area contributed by atoms with E-state index in [2.05, 4.69) is 31.0 Å². The van der Waals surface area contributed by atoms with Crippen LogP contribution in [0.1, 0.15) is 33.6 Å². The Balaban J connectivity index is 3.56. The van der Waals surface area contributed by atoms with Crippen molar-refractivity contribution in [2.45, 2.75) is 33.6 Å². The second-order valence-electron chi connectivity index (χ2n) is 4.75. The summed E-state index contributed by atoms with van der Waals surface area (Å²) in [4.78, 5) is 2.51. The molecule has 0 saturated carbocycles. The summed E-state index contributed by atoms with van der Waals surface area (Å²) in [5.74, 6) is 0.741. The zero-order chi connectivity index (χ0) is 12.2. The Hall–Kier alpha value is -0.120. The van der Waals surface area contributed by atoms with E-state index in [1.54, 1.807) is 7.11 Å². The van der Waals surface area contributed by atoms with E-state index in [9.17, 15) is 0 Å². The Morgan fingerprint density at radius 3 is 2.50 bits per heavy atom. The summed E-state index contributed by atoms with van der Waals surface area (Å²) < 4.78 is 5.14. The van der Waals surface area contributed by atoms with E-state index in [1.165, 1.54) is 25.9 Å². The molecule has 0 heterocycles. The van der Waals surface area contributed by atoms with Crippen LogP contribution in [0, 0.1) is 5.92 Å². The molecule has 0 saturated heterocycles. The zero-order valence-corrected chi connectivity index (χ0v) is 11.6. The number of hydrogen-bond acceptors (Lipinski definition) is 3. The first-order valence-corrected chi connectivity index (χ1v) is 6.62. The molecule has 16 heavy (non-hydrogen) atoms. The number of nitrogens with one attached hydrogen (secondary N) is 1. The van der Waals surface area contributed by atoms with Crippen LogP contribution in [0.4, 0.5) is 0 Å². The van der Waals surface area contributed by atoms with Crippen LogP contribution < -0.4 is 5.32 Å². The summed E-state index contributed by atoms with van der Waals surface area (Å²) in [5, 5.41) is 3.36. The van der Waals surface area contributed by atoms with Crippen molar-refractivity contribution in [2.24, 2.45) is 5.92 Å². The minimum absolute atomic E-state index is 0.741. The molecule has 0 spiro atoms. The summed E-state index contributed by atoms with van der Waals surface area (Å²) >= 11 is 0. The molecule has 0 aromatic rings. The Labute approximate surface area is 102 Å². The van der Waals surface area contributed by atoms with Crippen molar-refractivity contribution >= 4 is 0 Å². The molecule has 1 N–H and O–H groups in total. The van der Waals surface area contributed by atoms with Crippen LogP contribution in [0.5, 0.6) is 0 Å². The van der Waals surface area contributed by atoms with Gasteiger partial charge in [0, 0.05) is 20.2 Å². The van der Waals surface area contributed by atoms with Gasteiger partial charge in [0.2, 0.25) is 0 Å². The highest BCUT2D eigenvalue weighted by Gasteiger charge is 2.06. The fourth-order valence-electron chi connectivity index (χ4n) is 1.79. The average Bonchev–Trinajstić information content (AvgIpc) is 2.24. The topological polar surface area (TPSA) is 24.5 Å². The monoisotopic (exact) mass is 230 g/mol. The Bertz CT molecular complexity index is 140. The van der Waals surface area contributed by atoms with Gasteiger partial charge >= 0.3 is 0 Å². The van der Waals surface area contributed by atoms with E-state index < -0.39 is 0 Å². The molecule has 0 aliphatic heterocycles. The van der Waals surface area contributed by atoms with Crippen LogP contribution in [0.3, 0.4) is 0 Å². The molecule has 0 aliphatic carbocycles. The van der Waals surface area contributed by atoms with Crippen molar-refractivity contribution in [3.05, 3.63) is 0 Å². The van der Waals surface area contributed by atoms with Crippen molar-refractivity contribution in [1.82, 2.24) is 10.2 Å². The van der Waals surface area contributed by atoms with E-state index >= 15 is 0 Å². The van der Waals surface area contributed by atoms with Crippen molar-refractivity contribution in [3.8, 4) is 0 Å². The number of nitrogens with zero attached hydrogens (tertiary/aromatic N) is 1. The van der Waals surface area contributed by atoms with E-state index in [0.29, 0.717) is 0 Å². The lowest BCUT2D eigenvalue weighted by molar-refractivity contribution is 0.139. The third kappa shape index (κ3) is 10.4. The van der Waals surface area contributed by atoms with Gasteiger partial charge in [-0.05, 0) is 38.4 Å². The molecule has 3 nitrogen and oxygen atoms in total. The quantitative estimate of drug-likeness (QED) is 0.549. The zero-order valence-electron chi connectivity index (χ0n) is 11.6. The van der Waals surface area contributed by atoms with Crippen molar-refractivity contribution in [3.63, 3.8) is 0 Å². The standard InChI is InChI=1S/C13H30N2O/c1-5-14-8-6-7-9-15(10-11-16-4)12-13(2)3/h13-14H,5-12H2,1-4H3. The van der Waals surface area contributed by atoms with Gasteiger partial charge in [-0.25, -0.2) is 0 Å². The maximum Gasteiger partial charge on any atom is 0.0589 e. The second kappa shape index (κ2) is 11.4. The van der Waals surface area contributed by atoms with E-state index in [0.717, 1.165) is 32.2 Å². The van der Waals surface area contributed by atoms with Gasteiger partial charge in [0.15, 0.2) is 0 Å². The molecule has 0 unspecified atom stereocenters. The van der Waals surface area contributed by atoms with Gasteiger partial charge in [-0.15, -0.1) is 0 Å². The molecule has 0 amide bonds. The third-order valence-electron chi connectivity index (χ3n) is 2.56. The summed E-state index contributed by atoms with van der Waals surface area (Å²) in [6.07, 6.45) is 2.55. The summed E-state index contributed by atoms with van der Waals surface area (Å²) in [5.41, 5.74) is 0. The number of ether oxygens (including phenoxy) is 1. The van der Waals surface area contributed by atoms with Gasteiger partial charge in [0.1, 0.15) is 0 Å². The highest BCUT2D eigenvalue weighted by molar-refractivity contribution is 4.60. The van der Waals surface area contributed by atoms with Crippen LogP contribution in [0.15, 0.2) is 0 Å². The van der Waals surface area contributed by atoms with Crippen LogP contribution in [0.2, 0.25) is 0 Å². The molecule has 0 aromatic carbocycles. The fourth-order valence-corrected chi connectivity index (χ4v) is 1.79. The Morgan fingerprint density at radius 1 is 1.19 bits per heavy atom. The Morgan fingerprint density at radius 2 is 1.94 bits per heavy atom. The molecule has 0 rings (SSSR count). The van der Waals surface area contributed by atoms with Gasteiger partial charge in [0.25, 0.3) is 0 Å². The summed E-state index contributed by atoms with van der Waals surface area (Å²) in [6, 6.07) is 0. The first-order valence-electron chi connectivity index (χ1n) is 6.62. The third-order valence-corrected chi connectivity index (χ3v) is 2.56. The van der Waals surface area contributed by atoms with E-state index in [4.69, 9.17) is 4.74 Å². The molecule has 3 heteroatoms. The minimum atomic E-state index is 0.741. The summed E-state index contributed by atoms with van der Waals surface area (Å²) in [6.45, 7) is 13.2. The first kappa shape index (κ1) is 15.9. The van der Waals surface area contributed by atoms with Gasteiger partial charge in [-0.2, -0.15) is 0 Å². The van der Waals surface area contributed by atoms with Crippen molar-refractivity contribution in [1.29, 1.82) is 0 Å². The highest BCUT2D eigenvalue weighted by atomic mass is 16.5. The molecule has 0 aliphatic rings. The fraction of sp³-hybridized carbons (Fsp3) is 1.00. The maximum atomic E-state index is 5.14. The van der Waals surface area contributed by atoms with E-state index in [1.807, 2.05) is 0 Å². The van der Waals surface area contributed by atoms with Crippen molar-refractivity contribution < 1.29 is 4.74 Å². The van der Waals surface area contributed by atoms with Gasteiger partial charge in [0.05, 0.1) is 6.61 Å². The van der Waals surface area contributed by atoms with Gasteiger partial charge < -0.3 is 15.0 Å². The first-order chi connectivity index (χ1) is 7.70. The molecule has 98 valence electrons. The van der Waals surface area contributed by atoms with Crippen LogP contribution in [0.25, 0.3) is 0 Å². The molecule has 0 atom stereocenters. The second-order valence-corrected chi connectivity index (χ2v) is 4.75. The minimum Gasteiger partial charge on any atom is -0.383 e. The van der Waals surface area contributed by atoms with Gasteiger partial charge in [-0.1, -0.05) is 20.8 Å². The number of unbranched alkanes of at least 4 members (excludes halogenated alkanes) is 1.